The van der Waals surface area contributed by atoms with Crippen LogP contribution in [0.1, 0.15) is 25.0 Å². The molecule has 1 aromatic rings. The third kappa shape index (κ3) is 3.41. The fraction of sp³-hybridized carbons (Fsp3) is 0.455. The van der Waals surface area contributed by atoms with Crippen molar-refractivity contribution in [3.8, 4) is 0 Å². The van der Waals surface area contributed by atoms with E-state index in [0.717, 1.165) is 0 Å². The largest absolute Gasteiger partial charge is 0.317 e. The predicted octanol–water partition coefficient (Wildman–Crippen LogP) is 3.09. The van der Waals surface area contributed by atoms with Crippen molar-refractivity contribution in [3.05, 3.63) is 29.3 Å². The molecule has 13 heavy (non-hydrogen) atoms. The van der Waals surface area contributed by atoms with Gasteiger partial charge in [0, 0.05) is 4.90 Å². The van der Waals surface area contributed by atoms with E-state index in [1.54, 1.807) is 11.8 Å². The van der Waals surface area contributed by atoms with E-state index >= 15 is 0 Å². The lowest BCUT2D eigenvalue weighted by atomic mass is 10.2. The number of nitrogens with two attached hydrogens (primary N) is 1. The van der Waals surface area contributed by atoms with Gasteiger partial charge in [-0.1, -0.05) is 17.7 Å². The highest BCUT2D eigenvalue weighted by atomic mass is 32.2. The van der Waals surface area contributed by atoms with Crippen molar-refractivity contribution in [2.45, 2.75) is 37.5 Å². The van der Waals surface area contributed by atoms with Gasteiger partial charge in [-0.05, 0) is 39.3 Å². The standard InChI is InChI=1S/C11H17NS/c1-8-5-6-10(9(2)7-8)13-11(3,4)12/h5-7H,12H2,1-4H3. The van der Waals surface area contributed by atoms with Crippen LogP contribution in [0.15, 0.2) is 23.1 Å². The highest BCUT2D eigenvalue weighted by molar-refractivity contribution is 8.00. The molecule has 0 unspecified atom stereocenters. The zero-order chi connectivity index (χ0) is 10.1. The number of hydrogen-bond acceptors (Lipinski definition) is 2. The van der Waals surface area contributed by atoms with Gasteiger partial charge in [0.1, 0.15) is 0 Å². The van der Waals surface area contributed by atoms with Crippen LogP contribution in [0.3, 0.4) is 0 Å². The molecule has 0 aliphatic rings. The van der Waals surface area contributed by atoms with Gasteiger partial charge in [-0.3, -0.25) is 0 Å². The Morgan fingerprint density at radius 1 is 1.23 bits per heavy atom. The van der Waals surface area contributed by atoms with Gasteiger partial charge in [0.15, 0.2) is 0 Å². The summed E-state index contributed by atoms with van der Waals surface area (Å²) in [7, 11) is 0. The number of benzene rings is 1. The van der Waals surface area contributed by atoms with Crippen LogP contribution in [0.25, 0.3) is 0 Å². The summed E-state index contributed by atoms with van der Waals surface area (Å²) in [4.78, 5) is 1.08. The Balaban J connectivity index is 2.90. The molecule has 0 spiro atoms. The summed E-state index contributed by atoms with van der Waals surface area (Å²) in [6.45, 7) is 8.28. The van der Waals surface area contributed by atoms with Gasteiger partial charge >= 0.3 is 0 Å². The molecular weight excluding hydrogens is 178 g/mol. The lowest BCUT2D eigenvalue weighted by molar-refractivity contribution is 0.758. The normalized spacial score (nSPS) is 11.8. The fourth-order valence-electron chi connectivity index (χ4n) is 1.20. The van der Waals surface area contributed by atoms with E-state index in [2.05, 4.69) is 32.0 Å². The third-order valence-electron chi connectivity index (χ3n) is 1.70. The van der Waals surface area contributed by atoms with E-state index in [1.807, 2.05) is 13.8 Å². The summed E-state index contributed by atoms with van der Waals surface area (Å²) in [5, 5.41) is 0. The topological polar surface area (TPSA) is 26.0 Å². The Morgan fingerprint density at radius 2 is 1.85 bits per heavy atom. The minimum atomic E-state index is -0.194. The molecule has 2 heteroatoms. The summed E-state index contributed by atoms with van der Waals surface area (Å²) in [6.07, 6.45) is 0. The van der Waals surface area contributed by atoms with Gasteiger partial charge in [-0.15, -0.1) is 11.8 Å². The van der Waals surface area contributed by atoms with Gasteiger partial charge in [0.05, 0.1) is 4.87 Å². The summed E-state index contributed by atoms with van der Waals surface area (Å²) < 4.78 is 0. The molecule has 0 saturated carbocycles. The molecule has 1 rings (SSSR count). The van der Waals surface area contributed by atoms with Crippen LogP contribution in [-0.2, 0) is 0 Å². The molecule has 1 aromatic carbocycles. The summed E-state index contributed by atoms with van der Waals surface area (Å²) in [6, 6.07) is 6.46. The predicted molar refractivity (Wildman–Crippen MR) is 60.0 cm³/mol. The zero-order valence-electron chi connectivity index (χ0n) is 8.72. The van der Waals surface area contributed by atoms with E-state index < -0.39 is 0 Å². The average Bonchev–Trinajstić information content (AvgIpc) is 1.93. The summed E-state index contributed by atoms with van der Waals surface area (Å²) >= 11 is 1.71. The molecule has 0 saturated heterocycles. The van der Waals surface area contributed by atoms with E-state index in [1.165, 1.54) is 16.0 Å². The lowest BCUT2D eigenvalue weighted by Gasteiger charge is -2.19. The van der Waals surface area contributed by atoms with Gasteiger partial charge in [0.25, 0.3) is 0 Å². The Bertz CT molecular complexity index is 299. The highest BCUT2D eigenvalue weighted by Crippen LogP contribution is 2.30. The Hall–Kier alpha value is -0.470. The average molecular weight is 195 g/mol. The van der Waals surface area contributed by atoms with Gasteiger partial charge in [-0.25, -0.2) is 0 Å². The molecule has 0 aliphatic heterocycles. The minimum Gasteiger partial charge on any atom is -0.317 e. The Labute approximate surface area is 84.7 Å². The number of rotatable bonds is 2. The first kappa shape index (κ1) is 10.6. The van der Waals surface area contributed by atoms with Crippen LogP contribution in [0, 0.1) is 13.8 Å². The summed E-state index contributed by atoms with van der Waals surface area (Å²) in [5.41, 5.74) is 8.55. The molecule has 0 bridgehead atoms. The zero-order valence-corrected chi connectivity index (χ0v) is 9.53. The molecule has 0 atom stereocenters. The molecule has 72 valence electrons. The number of hydrogen-bond donors (Lipinski definition) is 1. The maximum absolute atomic E-state index is 5.94. The van der Waals surface area contributed by atoms with Crippen LogP contribution in [0.4, 0.5) is 0 Å². The Kier molecular flexibility index (Phi) is 3.04. The molecule has 0 aliphatic carbocycles. The van der Waals surface area contributed by atoms with E-state index in [-0.39, 0.29) is 4.87 Å². The monoisotopic (exact) mass is 195 g/mol. The maximum Gasteiger partial charge on any atom is 0.0610 e. The van der Waals surface area contributed by atoms with Gasteiger partial charge in [0.2, 0.25) is 0 Å². The van der Waals surface area contributed by atoms with Gasteiger partial charge < -0.3 is 5.73 Å². The second-order valence-electron chi connectivity index (χ2n) is 3.97. The van der Waals surface area contributed by atoms with Crippen molar-refractivity contribution >= 4 is 11.8 Å². The molecular formula is C11H17NS. The van der Waals surface area contributed by atoms with E-state index in [4.69, 9.17) is 5.73 Å². The summed E-state index contributed by atoms with van der Waals surface area (Å²) in [5.74, 6) is 0. The van der Waals surface area contributed by atoms with Crippen LogP contribution in [0.5, 0.6) is 0 Å². The van der Waals surface area contributed by atoms with Crippen molar-refractivity contribution in [1.29, 1.82) is 0 Å². The molecule has 0 fully saturated rings. The van der Waals surface area contributed by atoms with Crippen LogP contribution in [0.2, 0.25) is 0 Å². The lowest BCUT2D eigenvalue weighted by Crippen LogP contribution is -2.26. The second kappa shape index (κ2) is 3.72. The van der Waals surface area contributed by atoms with Crippen LogP contribution >= 0.6 is 11.8 Å². The maximum atomic E-state index is 5.94. The van der Waals surface area contributed by atoms with Crippen molar-refractivity contribution in [1.82, 2.24) is 0 Å². The fourth-order valence-corrected chi connectivity index (χ4v) is 2.12. The van der Waals surface area contributed by atoms with E-state index in [0.29, 0.717) is 0 Å². The molecule has 0 heterocycles. The van der Waals surface area contributed by atoms with Crippen molar-refractivity contribution < 1.29 is 0 Å². The van der Waals surface area contributed by atoms with Crippen molar-refractivity contribution in [3.63, 3.8) is 0 Å². The van der Waals surface area contributed by atoms with E-state index in [9.17, 15) is 0 Å². The number of aryl methyl sites for hydroxylation is 2. The number of thioether (sulfide) groups is 1. The first-order chi connectivity index (χ1) is 5.88. The highest BCUT2D eigenvalue weighted by Gasteiger charge is 2.13. The third-order valence-corrected chi connectivity index (χ3v) is 2.91. The van der Waals surface area contributed by atoms with Crippen molar-refractivity contribution in [2.24, 2.45) is 5.73 Å². The molecule has 0 aromatic heterocycles. The first-order valence-electron chi connectivity index (χ1n) is 4.43. The smallest absolute Gasteiger partial charge is 0.0610 e. The quantitative estimate of drug-likeness (QED) is 0.579. The van der Waals surface area contributed by atoms with Gasteiger partial charge in [-0.2, -0.15) is 0 Å². The molecule has 0 radical (unpaired) electrons. The first-order valence-corrected chi connectivity index (χ1v) is 5.25. The molecule has 0 amide bonds. The van der Waals surface area contributed by atoms with Crippen LogP contribution < -0.4 is 5.73 Å². The Morgan fingerprint density at radius 3 is 2.31 bits per heavy atom. The molecule has 2 N–H and O–H groups in total. The SMILES string of the molecule is Cc1ccc(SC(C)(C)N)c(C)c1. The molecule has 1 nitrogen and oxygen atoms in total. The minimum absolute atomic E-state index is 0.194. The second-order valence-corrected chi connectivity index (χ2v) is 5.67. The van der Waals surface area contributed by atoms with Crippen molar-refractivity contribution in [2.75, 3.05) is 0 Å². The van der Waals surface area contributed by atoms with Crippen LogP contribution in [-0.4, -0.2) is 4.87 Å².